The fourth-order valence-electron chi connectivity index (χ4n) is 1.68. The number of oxime groups is 1. The van der Waals surface area contributed by atoms with E-state index in [1.54, 1.807) is 7.11 Å². The molecule has 0 aliphatic heterocycles. The fraction of sp³-hybridized carbons (Fsp3) is 0.500. The van der Waals surface area contributed by atoms with Crippen LogP contribution in [-0.4, -0.2) is 30.3 Å². The van der Waals surface area contributed by atoms with Gasteiger partial charge in [0, 0.05) is 26.1 Å². The first kappa shape index (κ1) is 15.5. The van der Waals surface area contributed by atoms with E-state index in [0.717, 1.165) is 5.56 Å². The highest BCUT2D eigenvalue weighted by Crippen LogP contribution is 2.18. The van der Waals surface area contributed by atoms with Gasteiger partial charge in [0.25, 0.3) is 0 Å². The molecule has 0 spiro atoms. The van der Waals surface area contributed by atoms with Gasteiger partial charge >= 0.3 is 0 Å². The van der Waals surface area contributed by atoms with E-state index in [1.165, 1.54) is 0 Å². The summed E-state index contributed by atoms with van der Waals surface area (Å²) in [5.74, 6) is 0.205. The lowest BCUT2D eigenvalue weighted by molar-refractivity contribution is 0.0211. The summed E-state index contributed by atoms with van der Waals surface area (Å²) in [6, 6.07) is 9.93. The maximum Gasteiger partial charge on any atom is 0.141 e. The van der Waals surface area contributed by atoms with Crippen LogP contribution in [0.4, 0.5) is 0 Å². The van der Waals surface area contributed by atoms with Crippen LogP contribution in [0.15, 0.2) is 35.5 Å². The Morgan fingerprint density at radius 1 is 1.42 bits per heavy atom. The molecule has 19 heavy (non-hydrogen) atoms. The van der Waals surface area contributed by atoms with E-state index in [4.69, 9.17) is 15.7 Å². The lowest BCUT2D eigenvalue weighted by Gasteiger charge is -2.27. The van der Waals surface area contributed by atoms with Crippen molar-refractivity contribution in [1.29, 1.82) is 0 Å². The predicted octanol–water partition coefficient (Wildman–Crippen LogP) is 1.88. The summed E-state index contributed by atoms with van der Waals surface area (Å²) < 4.78 is 5.38. The van der Waals surface area contributed by atoms with Gasteiger partial charge in [-0.3, -0.25) is 0 Å². The van der Waals surface area contributed by atoms with E-state index in [9.17, 15) is 0 Å². The van der Waals surface area contributed by atoms with Gasteiger partial charge in [0.2, 0.25) is 0 Å². The van der Waals surface area contributed by atoms with Crippen molar-refractivity contribution in [2.75, 3.05) is 13.7 Å². The Kier molecular flexibility index (Phi) is 5.79. The highest BCUT2D eigenvalue weighted by molar-refractivity contribution is 5.80. The summed E-state index contributed by atoms with van der Waals surface area (Å²) in [7, 11) is 1.68. The second-order valence-electron chi connectivity index (χ2n) is 5.10. The third kappa shape index (κ3) is 5.28. The van der Waals surface area contributed by atoms with Crippen molar-refractivity contribution in [1.82, 2.24) is 5.32 Å². The second-order valence-corrected chi connectivity index (χ2v) is 5.10. The summed E-state index contributed by atoms with van der Waals surface area (Å²) in [5.41, 5.74) is 6.44. The van der Waals surface area contributed by atoms with Gasteiger partial charge in [0.1, 0.15) is 5.84 Å². The molecule has 0 heterocycles. The number of rotatable bonds is 7. The van der Waals surface area contributed by atoms with Crippen molar-refractivity contribution in [3.63, 3.8) is 0 Å². The number of amidine groups is 1. The van der Waals surface area contributed by atoms with Crippen LogP contribution in [0.2, 0.25) is 0 Å². The maximum absolute atomic E-state index is 8.72. The Bertz CT molecular complexity index is 404. The summed E-state index contributed by atoms with van der Waals surface area (Å²) in [4.78, 5) is 0. The van der Waals surface area contributed by atoms with Crippen molar-refractivity contribution in [3.8, 4) is 0 Å². The number of hydrogen-bond acceptors (Lipinski definition) is 4. The molecule has 1 unspecified atom stereocenters. The van der Waals surface area contributed by atoms with Crippen LogP contribution in [0.1, 0.15) is 31.9 Å². The zero-order chi connectivity index (χ0) is 14.3. The first-order valence-electron chi connectivity index (χ1n) is 6.28. The van der Waals surface area contributed by atoms with Gasteiger partial charge < -0.3 is 21.0 Å². The highest BCUT2D eigenvalue weighted by Gasteiger charge is 2.20. The smallest absolute Gasteiger partial charge is 0.141 e. The maximum atomic E-state index is 8.72. The molecule has 5 nitrogen and oxygen atoms in total. The Labute approximate surface area is 114 Å². The van der Waals surface area contributed by atoms with Crippen molar-refractivity contribution in [2.45, 2.75) is 31.9 Å². The van der Waals surface area contributed by atoms with E-state index in [-0.39, 0.29) is 17.5 Å². The zero-order valence-electron chi connectivity index (χ0n) is 11.8. The number of nitrogens with zero attached hydrogens (tertiary/aromatic N) is 1. The predicted molar refractivity (Wildman–Crippen MR) is 76.3 cm³/mol. The molecule has 1 aromatic rings. The monoisotopic (exact) mass is 265 g/mol. The summed E-state index contributed by atoms with van der Waals surface area (Å²) >= 11 is 0. The summed E-state index contributed by atoms with van der Waals surface area (Å²) in [6.45, 7) is 4.68. The standard InChI is InChI=1S/C14H23N3O2/c1-14(2,19-3)10-16-12(9-13(15)17-18)11-7-5-4-6-8-11/h4-8,12,16,18H,9-10H2,1-3H3,(H2,15,17). The molecule has 1 rings (SSSR count). The van der Waals surface area contributed by atoms with Crippen LogP contribution in [0.25, 0.3) is 0 Å². The zero-order valence-corrected chi connectivity index (χ0v) is 11.8. The van der Waals surface area contributed by atoms with E-state index < -0.39 is 0 Å². The van der Waals surface area contributed by atoms with Gasteiger partial charge in [0.05, 0.1) is 5.60 Å². The molecule has 0 radical (unpaired) electrons. The molecule has 0 saturated heterocycles. The molecule has 1 aromatic carbocycles. The molecule has 0 saturated carbocycles. The van der Waals surface area contributed by atoms with Crippen molar-refractivity contribution >= 4 is 5.84 Å². The molecule has 0 aliphatic rings. The molecule has 0 aromatic heterocycles. The largest absolute Gasteiger partial charge is 0.409 e. The molecule has 0 aliphatic carbocycles. The van der Waals surface area contributed by atoms with Crippen molar-refractivity contribution in [2.24, 2.45) is 10.9 Å². The van der Waals surface area contributed by atoms with Gasteiger partial charge in [-0.15, -0.1) is 0 Å². The van der Waals surface area contributed by atoms with Crippen LogP contribution in [0.3, 0.4) is 0 Å². The molecular weight excluding hydrogens is 242 g/mol. The third-order valence-electron chi connectivity index (χ3n) is 3.07. The van der Waals surface area contributed by atoms with E-state index >= 15 is 0 Å². The van der Waals surface area contributed by atoms with Gasteiger partial charge in [-0.1, -0.05) is 35.5 Å². The van der Waals surface area contributed by atoms with Gasteiger partial charge in [-0.25, -0.2) is 0 Å². The molecule has 0 fully saturated rings. The number of ether oxygens (including phenoxy) is 1. The van der Waals surface area contributed by atoms with Crippen LogP contribution < -0.4 is 11.1 Å². The second kappa shape index (κ2) is 7.11. The molecule has 106 valence electrons. The highest BCUT2D eigenvalue weighted by atomic mass is 16.5. The fourth-order valence-corrected chi connectivity index (χ4v) is 1.68. The van der Waals surface area contributed by atoms with Crippen molar-refractivity contribution in [3.05, 3.63) is 35.9 Å². The van der Waals surface area contributed by atoms with Crippen LogP contribution in [0, 0.1) is 0 Å². The average Bonchev–Trinajstić information content (AvgIpc) is 2.44. The van der Waals surface area contributed by atoms with Crippen LogP contribution in [-0.2, 0) is 4.74 Å². The van der Waals surface area contributed by atoms with E-state index in [2.05, 4.69) is 10.5 Å². The average molecular weight is 265 g/mol. The molecule has 0 bridgehead atoms. The summed E-state index contributed by atoms with van der Waals surface area (Å²) in [5, 5.41) is 15.2. The normalized spacial score (nSPS) is 14.4. The Hall–Kier alpha value is -1.59. The topological polar surface area (TPSA) is 79.9 Å². The first-order valence-corrected chi connectivity index (χ1v) is 6.28. The molecule has 4 N–H and O–H groups in total. The van der Waals surface area contributed by atoms with E-state index in [1.807, 2.05) is 44.2 Å². The van der Waals surface area contributed by atoms with E-state index in [0.29, 0.717) is 13.0 Å². The quantitative estimate of drug-likeness (QED) is 0.304. The minimum atomic E-state index is -0.266. The Balaban J connectivity index is 2.76. The minimum Gasteiger partial charge on any atom is -0.409 e. The number of benzene rings is 1. The number of nitrogens with two attached hydrogens (primary N) is 1. The van der Waals surface area contributed by atoms with Crippen LogP contribution >= 0.6 is 0 Å². The molecule has 5 heteroatoms. The lowest BCUT2D eigenvalue weighted by atomic mass is 10.0. The van der Waals surface area contributed by atoms with Gasteiger partial charge in [0.15, 0.2) is 0 Å². The number of nitrogens with one attached hydrogen (secondary N) is 1. The van der Waals surface area contributed by atoms with Crippen LogP contribution in [0.5, 0.6) is 0 Å². The van der Waals surface area contributed by atoms with Gasteiger partial charge in [-0.2, -0.15) is 0 Å². The Morgan fingerprint density at radius 2 is 2.05 bits per heavy atom. The van der Waals surface area contributed by atoms with Gasteiger partial charge in [-0.05, 0) is 19.4 Å². The molecular formula is C14H23N3O2. The third-order valence-corrected chi connectivity index (χ3v) is 3.07. The SMILES string of the molecule is COC(C)(C)CNC(C/C(N)=N/O)c1ccccc1. The lowest BCUT2D eigenvalue weighted by Crippen LogP contribution is -2.39. The summed E-state index contributed by atoms with van der Waals surface area (Å²) in [6.07, 6.45) is 0.445. The minimum absolute atomic E-state index is 0.00785. The van der Waals surface area contributed by atoms with Crippen molar-refractivity contribution < 1.29 is 9.94 Å². The first-order chi connectivity index (χ1) is 8.98. The molecule has 0 amide bonds. The Morgan fingerprint density at radius 3 is 2.58 bits per heavy atom. The number of methoxy groups -OCH3 is 1. The molecule has 1 atom stereocenters. The number of hydrogen-bond donors (Lipinski definition) is 3.